The monoisotopic (exact) mass is 242 g/mol. The molecular weight excluding hydrogens is 228 g/mol. The molecule has 1 nitrogen and oxygen atoms in total. The first-order valence-corrected chi connectivity index (χ1v) is 5.60. The Kier molecular flexibility index (Phi) is 1.80. The van der Waals surface area contributed by atoms with Crippen LogP contribution in [0.5, 0.6) is 0 Å². The summed E-state index contributed by atoms with van der Waals surface area (Å²) in [7, 11) is 0. The van der Waals surface area contributed by atoms with E-state index in [0.29, 0.717) is 5.92 Å². The third-order valence-corrected chi connectivity index (χ3v) is 5.80. The Hall–Kier alpha value is -0.110. The van der Waals surface area contributed by atoms with Crippen LogP contribution in [0, 0.1) is 16.7 Å². The predicted molar refractivity (Wildman–Crippen MR) is 56.6 cm³/mol. The molecule has 72 valence electrons. The zero-order chi connectivity index (χ0) is 9.85. The molecule has 1 saturated carbocycles. The van der Waals surface area contributed by atoms with Gasteiger partial charge in [-0.2, -0.15) is 0 Å². The Bertz CT molecular complexity index is 303. The molecule has 2 atom stereocenters. The lowest BCUT2D eigenvalue weighted by Crippen LogP contribution is -2.28. The number of carbonyl (C=O) groups excluding carboxylic acids is 1. The van der Waals surface area contributed by atoms with Gasteiger partial charge in [-0.15, -0.1) is 0 Å². The highest BCUT2D eigenvalue weighted by Gasteiger charge is 2.59. The average Bonchev–Trinajstić information content (AvgIpc) is 2.36. The molecule has 2 heteroatoms. The number of aldehydes is 1. The fourth-order valence-corrected chi connectivity index (χ4v) is 4.12. The molecule has 2 rings (SSSR count). The lowest BCUT2D eigenvalue weighted by atomic mass is 9.70. The minimum absolute atomic E-state index is 0.202. The van der Waals surface area contributed by atoms with Crippen molar-refractivity contribution in [3.8, 4) is 0 Å². The number of halogens is 1. The molecule has 0 N–H and O–H groups in total. The number of hydrogen-bond acceptors (Lipinski definition) is 1. The summed E-state index contributed by atoms with van der Waals surface area (Å²) >= 11 is 3.60. The summed E-state index contributed by atoms with van der Waals surface area (Å²) < 4.78 is 1.16. The van der Waals surface area contributed by atoms with E-state index in [2.05, 4.69) is 36.7 Å². The lowest BCUT2D eigenvalue weighted by molar-refractivity contribution is -0.105. The molecule has 0 aliphatic heterocycles. The van der Waals surface area contributed by atoms with Gasteiger partial charge in [-0.1, -0.05) is 36.7 Å². The highest BCUT2D eigenvalue weighted by Crippen LogP contribution is 2.68. The summed E-state index contributed by atoms with van der Waals surface area (Å²) in [5.41, 5.74) is 1.47. The number of hydrogen-bond donors (Lipinski definition) is 0. The molecule has 0 aromatic carbocycles. The van der Waals surface area contributed by atoms with Crippen LogP contribution in [0.3, 0.4) is 0 Å². The first-order chi connectivity index (χ1) is 5.95. The maximum absolute atomic E-state index is 10.9. The van der Waals surface area contributed by atoms with Gasteiger partial charge in [0.2, 0.25) is 0 Å². The Morgan fingerprint density at radius 3 is 2.38 bits per heavy atom. The molecule has 0 saturated heterocycles. The topological polar surface area (TPSA) is 17.1 Å². The zero-order valence-electron chi connectivity index (χ0n) is 8.36. The highest BCUT2D eigenvalue weighted by molar-refractivity contribution is 9.11. The van der Waals surface area contributed by atoms with Gasteiger partial charge in [0.25, 0.3) is 0 Å². The van der Waals surface area contributed by atoms with Crippen LogP contribution in [-0.2, 0) is 4.79 Å². The number of allylic oxidation sites excluding steroid dienone is 2. The van der Waals surface area contributed by atoms with Crippen molar-refractivity contribution in [3.63, 3.8) is 0 Å². The molecule has 2 bridgehead atoms. The van der Waals surface area contributed by atoms with Crippen LogP contribution in [0.4, 0.5) is 0 Å². The van der Waals surface area contributed by atoms with E-state index in [9.17, 15) is 4.79 Å². The quantitative estimate of drug-likeness (QED) is 0.646. The highest BCUT2D eigenvalue weighted by atomic mass is 79.9. The third kappa shape index (κ3) is 0.855. The van der Waals surface area contributed by atoms with Gasteiger partial charge in [0.15, 0.2) is 0 Å². The van der Waals surface area contributed by atoms with Crippen LogP contribution in [-0.4, -0.2) is 6.29 Å². The van der Waals surface area contributed by atoms with Crippen molar-refractivity contribution in [2.45, 2.75) is 33.6 Å². The molecule has 2 aliphatic carbocycles. The molecular formula is C11H15BrO. The van der Waals surface area contributed by atoms with Crippen LogP contribution in [0.25, 0.3) is 0 Å². The predicted octanol–water partition coefficient (Wildman–Crippen LogP) is 3.29. The molecule has 0 radical (unpaired) electrons. The van der Waals surface area contributed by atoms with Crippen molar-refractivity contribution in [1.82, 2.24) is 0 Å². The molecule has 1 fully saturated rings. The summed E-state index contributed by atoms with van der Waals surface area (Å²) in [5.74, 6) is 0.476. The zero-order valence-corrected chi connectivity index (χ0v) is 9.94. The van der Waals surface area contributed by atoms with Crippen molar-refractivity contribution < 1.29 is 4.79 Å². The van der Waals surface area contributed by atoms with Crippen LogP contribution in [0.2, 0.25) is 0 Å². The van der Waals surface area contributed by atoms with E-state index in [4.69, 9.17) is 0 Å². The van der Waals surface area contributed by atoms with Crippen molar-refractivity contribution >= 4 is 22.2 Å². The fourth-order valence-electron chi connectivity index (χ4n) is 3.04. The normalized spacial score (nSPS) is 41.4. The standard InChI is InChI=1S/C11H15BrO/c1-10(2)8-4-5-11(10,3)9(12)7(8)6-13/h6,8H,4-5H2,1-3H3/t8-,11+/m0/s1. The maximum Gasteiger partial charge on any atom is 0.147 e. The van der Waals surface area contributed by atoms with E-state index in [1.165, 1.54) is 12.8 Å². The molecule has 0 heterocycles. The third-order valence-electron chi connectivity index (χ3n) is 4.47. The second-order valence-corrected chi connectivity index (χ2v) is 5.83. The first-order valence-electron chi connectivity index (χ1n) is 4.80. The van der Waals surface area contributed by atoms with Crippen molar-refractivity contribution in [2.24, 2.45) is 16.7 Å². The molecule has 2 aliphatic rings. The van der Waals surface area contributed by atoms with Crippen LogP contribution < -0.4 is 0 Å². The summed E-state index contributed by atoms with van der Waals surface area (Å²) in [6.07, 6.45) is 3.43. The lowest BCUT2D eigenvalue weighted by Gasteiger charge is -2.35. The number of fused-ring (bicyclic) bond motifs is 2. The Morgan fingerprint density at radius 1 is 1.46 bits per heavy atom. The van der Waals surface area contributed by atoms with Crippen LogP contribution in [0.1, 0.15) is 33.6 Å². The van der Waals surface area contributed by atoms with E-state index in [1.807, 2.05) is 0 Å². The van der Waals surface area contributed by atoms with E-state index >= 15 is 0 Å². The van der Waals surface area contributed by atoms with Crippen LogP contribution in [0.15, 0.2) is 10.1 Å². The maximum atomic E-state index is 10.9. The smallest absolute Gasteiger partial charge is 0.147 e. The Morgan fingerprint density at radius 2 is 2.08 bits per heavy atom. The van der Waals surface area contributed by atoms with Gasteiger partial charge in [0.1, 0.15) is 6.29 Å². The van der Waals surface area contributed by atoms with Crippen LogP contribution >= 0.6 is 15.9 Å². The number of rotatable bonds is 1. The molecule has 0 amide bonds. The fraction of sp³-hybridized carbons (Fsp3) is 0.727. The van der Waals surface area contributed by atoms with Gasteiger partial charge in [0, 0.05) is 15.5 Å². The summed E-state index contributed by atoms with van der Waals surface area (Å²) in [6, 6.07) is 0. The van der Waals surface area contributed by atoms with E-state index in [-0.39, 0.29) is 10.8 Å². The Labute approximate surface area is 87.7 Å². The molecule has 0 unspecified atom stereocenters. The summed E-state index contributed by atoms with van der Waals surface area (Å²) in [4.78, 5) is 10.9. The van der Waals surface area contributed by atoms with E-state index in [0.717, 1.165) is 16.3 Å². The molecule has 0 aromatic heterocycles. The molecule has 13 heavy (non-hydrogen) atoms. The summed E-state index contributed by atoms with van der Waals surface area (Å²) in [6.45, 7) is 6.83. The van der Waals surface area contributed by atoms with Gasteiger partial charge >= 0.3 is 0 Å². The van der Waals surface area contributed by atoms with Crippen molar-refractivity contribution in [3.05, 3.63) is 10.1 Å². The Balaban J connectivity index is 2.58. The minimum atomic E-state index is 0.202. The van der Waals surface area contributed by atoms with Crippen molar-refractivity contribution in [2.75, 3.05) is 0 Å². The van der Waals surface area contributed by atoms with Gasteiger partial charge in [-0.3, -0.25) is 4.79 Å². The minimum Gasteiger partial charge on any atom is -0.298 e. The van der Waals surface area contributed by atoms with Gasteiger partial charge < -0.3 is 0 Å². The molecule has 0 spiro atoms. The average molecular weight is 243 g/mol. The first kappa shape index (κ1) is 9.45. The van der Waals surface area contributed by atoms with E-state index in [1.54, 1.807) is 0 Å². The largest absolute Gasteiger partial charge is 0.298 e. The second kappa shape index (κ2) is 2.47. The second-order valence-electron chi connectivity index (χ2n) is 5.03. The van der Waals surface area contributed by atoms with Gasteiger partial charge in [0.05, 0.1) is 0 Å². The van der Waals surface area contributed by atoms with Crippen molar-refractivity contribution in [1.29, 1.82) is 0 Å². The van der Waals surface area contributed by atoms with Gasteiger partial charge in [-0.05, 0) is 24.2 Å². The van der Waals surface area contributed by atoms with E-state index < -0.39 is 0 Å². The summed E-state index contributed by atoms with van der Waals surface area (Å²) in [5, 5.41) is 0. The molecule has 0 aromatic rings. The van der Waals surface area contributed by atoms with Gasteiger partial charge in [-0.25, -0.2) is 0 Å². The number of carbonyl (C=O) groups is 1. The SMILES string of the molecule is CC1(C)[C@H]2CC[C@]1(C)C(Br)=C2C=O.